The van der Waals surface area contributed by atoms with Crippen molar-refractivity contribution in [3.63, 3.8) is 0 Å². The van der Waals surface area contributed by atoms with Crippen LogP contribution in [0.4, 0.5) is 0 Å². The monoisotopic (exact) mass is 318 g/mol. The topological polar surface area (TPSA) is 17.8 Å². The van der Waals surface area contributed by atoms with Crippen LogP contribution in [0.2, 0.25) is 5.02 Å². The number of aryl methyl sites for hydroxylation is 1. The Balaban J connectivity index is 2.57. The molecule has 1 aromatic heterocycles. The summed E-state index contributed by atoms with van der Waals surface area (Å²) in [4.78, 5) is 0. The Morgan fingerprint density at radius 3 is 2.75 bits per heavy atom. The van der Waals surface area contributed by atoms with Gasteiger partial charge < -0.3 is 0 Å². The van der Waals surface area contributed by atoms with Crippen molar-refractivity contribution in [3.8, 4) is 5.69 Å². The van der Waals surface area contributed by atoms with Crippen LogP contribution in [0.25, 0.3) is 5.69 Å². The summed E-state index contributed by atoms with van der Waals surface area (Å²) in [5.41, 5.74) is 2.77. The molecule has 0 amide bonds. The van der Waals surface area contributed by atoms with Gasteiger partial charge in [0.1, 0.15) is 0 Å². The standard InChI is InChI=1S/C11H9BrCl2N2/c1-7-10(14)6-16(15-7)11-4-9(12)3-2-8(11)5-13/h2-4,6H,5H2,1H3. The average Bonchev–Trinajstić information content (AvgIpc) is 2.59. The molecule has 2 aromatic rings. The van der Waals surface area contributed by atoms with Gasteiger partial charge in [0.25, 0.3) is 0 Å². The first-order valence-corrected chi connectivity index (χ1v) is 6.39. The van der Waals surface area contributed by atoms with E-state index in [1.54, 1.807) is 10.9 Å². The van der Waals surface area contributed by atoms with Crippen LogP contribution in [0.3, 0.4) is 0 Å². The molecule has 84 valence electrons. The highest BCUT2D eigenvalue weighted by Crippen LogP contribution is 2.23. The summed E-state index contributed by atoms with van der Waals surface area (Å²) in [5, 5.41) is 4.99. The Kier molecular flexibility index (Phi) is 3.57. The highest BCUT2D eigenvalue weighted by molar-refractivity contribution is 9.10. The SMILES string of the molecule is Cc1nn(-c2cc(Br)ccc2CCl)cc1Cl. The average molecular weight is 320 g/mol. The fourth-order valence-corrected chi connectivity index (χ4v) is 2.13. The lowest BCUT2D eigenvalue weighted by molar-refractivity contribution is 0.853. The number of benzene rings is 1. The van der Waals surface area contributed by atoms with Gasteiger partial charge in [-0.3, -0.25) is 0 Å². The second kappa shape index (κ2) is 4.78. The predicted octanol–water partition coefficient (Wildman–Crippen LogP) is 4.34. The normalized spacial score (nSPS) is 10.8. The van der Waals surface area contributed by atoms with Gasteiger partial charge in [-0.25, -0.2) is 4.68 Å². The van der Waals surface area contributed by atoms with Gasteiger partial charge in [-0.15, -0.1) is 11.6 Å². The van der Waals surface area contributed by atoms with Crippen molar-refractivity contribution in [1.82, 2.24) is 9.78 Å². The Morgan fingerprint density at radius 2 is 2.19 bits per heavy atom. The molecule has 0 aliphatic carbocycles. The van der Waals surface area contributed by atoms with Gasteiger partial charge in [-0.2, -0.15) is 5.10 Å². The molecule has 0 aliphatic heterocycles. The van der Waals surface area contributed by atoms with Crippen molar-refractivity contribution in [2.75, 3.05) is 0 Å². The fraction of sp³-hybridized carbons (Fsp3) is 0.182. The van der Waals surface area contributed by atoms with Gasteiger partial charge in [-0.05, 0) is 24.6 Å². The minimum atomic E-state index is 0.444. The molecule has 2 nitrogen and oxygen atoms in total. The molecule has 16 heavy (non-hydrogen) atoms. The third-order valence-corrected chi connectivity index (χ3v) is 3.43. The maximum absolute atomic E-state index is 5.99. The van der Waals surface area contributed by atoms with Gasteiger partial charge in [0.2, 0.25) is 0 Å². The van der Waals surface area contributed by atoms with Gasteiger partial charge in [-0.1, -0.05) is 33.6 Å². The Hall–Kier alpha value is -0.510. The first kappa shape index (κ1) is 12.0. The van der Waals surface area contributed by atoms with Crippen LogP contribution in [0.1, 0.15) is 11.3 Å². The Bertz CT molecular complexity index is 503. The molecule has 0 fully saturated rings. The van der Waals surface area contributed by atoms with E-state index in [0.29, 0.717) is 10.9 Å². The predicted molar refractivity (Wildman–Crippen MR) is 70.6 cm³/mol. The smallest absolute Gasteiger partial charge is 0.0819 e. The van der Waals surface area contributed by atoms with Gasteiger partial charge in [0.15, 0.2) is 0 Å². The molecule has 1 heterocycles. The van der Waals surface area contributed by atoms with Crippen LogP contribution in [0.5, 0.6) is 0 Å². The molecule has 0 unspecified atom stereocenters. The maximum Gasteiger partial charge on any atom is 0.0819 e. The molecule has 0 saturated heterocycles. The molecule has 0 bridgehead atoms. The first-order valence-electron chi connectivity index (χ1n) is 4.68. The lowest BCUT2D eigenvalue weighted by Gasteiger charge is -2.07. The first-order chi connectivity index (χ1) is 7.61. The van der Waals surface area contributed by atoms with Crippen LogP contribution in [-0.2, 0) is 5.88 Å². The van der Waals surface area contributed by atoms with Crippen molar-refractivity contribution in [2.45, 2.75) is 12.8 Å². The number of nitrogens with zero attached hydrogens (tertiary/aromatic N) is 2. The highest BCUT2D eigenvalue weighted by atomic mass is 79.9. The van der Waals surface area contributed by atoms with Crippen LogP contribution < -0.4 is 0 Å². The van der Waals surface area contributed by atoms with Crippen LogP contribution in [-0.4, -0.2) is 9.78 Å². The van der Waals surface area contributed by atoms with E-state index >= 15 is 0 Å². The van der Waals surface area contributed by atoms with Gasteiger partial charge in [0, 0.05) is 16.5 Å². The van der Waals surface area contributed by atoms with Crippen molar-refractivity contribution in [2.24, 2.45) is 0 Å². The molecule has 0 spiro atoms. The third kappa shape index (κ3) is 2.26. The van der Waals surface area contributed by atoms with E-state index in [0.717, 1.165) is 21.4 Å². The summed E-state index contributed by atoms with van der Waals surface area (Å²) in [6.07, 6.45) is 1.79. The summed E-state index contributed by atoms with van der Waals surface area (Å²) in [6, 6.07) is 5.90. The summed E-state index contributed by atoms with van der Waals surface area (Å²) in [7, 11) is 0. The summed E-state index contributed by atoms with van der Waals surface area (Å²) in [5.74, 6) is 0.444. The quantitative estimate of drug-likeness (QED) is 0.753. The Labute approximate surface area is 112 Å². The molecule has 0 atom stereocenters. The van der Waals surface area contributed by atoms with E-state index in [-0.39, 0.29) is 0 Å². The van der Waals surface area contributed by atoms with E-state index in [1.165, 1.54) is 0 Å². The number of halogens is 3. The maximum atomic E-state index is 5.99. The second-order valence-corrected chi connectivity index (χ2v) is 5.00. The van der Waals surface area contributed by atoms with Crippen molar-refractivity contribution >= 4 is 39.1 Å². The van der Waals surface area contributed by atoms with Crippen LogP contribution >= 0.6 is 39.1 Å². The molecule has 0 saturated carbocycles. The van der Waals surface area contributed by atoms with E-state index < -0.39 is 0 Å². The summed E-state index contributed by atoms with van der Waals surface area (Å²) < 4.78 is 2.74. The number of aromatic nitrogens is 2. The minimum Gasteiger partial charge on any atom is -0.239 e. The molecule has 0 aliphatic rings. The summed E-state index contributed by atoms with van der Waals surface area (Å²) in [6.45, 7) is 1.87. The van der Waals surface area contributed by atoms with Crippen LogP contribution in [0, 0.1) is 6.92 Å². The lowest BCUT2D eigenvalue weighted by Crippen LogP contribution is -1.99. The molecular weight excluding hydrogens is 311 g/mol. The van der Waals surface area contributed by atoms with E-state index in [1.807, 2.05) is 25.1 Å². The molecular formula is C11H9BrCl2N2. The van der Waals surface area contributed by atoms with Crippen molar-refractivity contribution in [3.05, 3.63) is 45.1 Å². The summed E-state index contributed by atoms with van der Waals surface area (Å²) >= 11 is 15.3. The van der Waals surface area contributed by atoms with E-state index in [2.05, 4.69) is 21.0 Å². The third-order valence-electron chi connectivity index (χ3n) is 2.28. The van der Waals surface area contributed by atoms with Crippen molar-refractivity contribution < 1.29 is 0 Å². The van der Waals surface area contributed by atoms with Crippen molar-refractivity contribution in [1.29, 1.82) is 0 Å². The fourth-order valence-electron chi connectivity index (χ4n) is 1.43. The largest absolute Gasteiger partial charge is 0.239 e. The lowest BCUT2D eigenvalue weighted by atomic mass is 10.2. The number of hydrogen-bond acceptors (Lipinski definition) is 1. The van der Waals surface area contributed by atoms with Gasteiger partial charge in [0.05, 0.1) is 16.4 Å². The number of rotatable bonds is 2. The van der Waals surface area contributed by atoms with E-state index in [9.17, 15) is 0 Å². The minimum absolute atomic E-state index is 0.444. The molecule has 2 rings (SSSR count). The molecule has 0 radical (unpaired) electrons. The molecule has 0 N–H and O–H groups in total. The number of alkyl halides is 1. The molecule has 1 aromatic carbocycles. The zero-order valence-electron chi connectivity index (χ0n) is 8.54. The zero-order chi connectivity index (χ0) is 11.7. The highest BCUT2D eigenvalue weighted by Gasteiger charge is 2.08. The molecule has 5 heteroatoms. The Morgan fingerprint density at radius 1 is 1.44 bits per heavy atom. The zero-order valence-corrected chi connectivity index (χ0v) is 11.6. The van der Waals surface area contributed by atoms with Gasteiger partial charge >= 0.3 is 0 Å². The second-order valence-electron chi connectivity index (χ2n) is 3.41. The van der Waals surface area contributed by atoms with E-state index in [4.69, 9.17) is 23.2 Å². The number of hydrogen-bond donors (Lipinski definition) is 0. The van der Waals surface area contributed by atoms with Crippen LogP contribution in [0.15, 0.2) is 28.9 Å².